The van der Waals surface area contributed by atoms with Gasteiger partial charge < -0.3 is 33.2 Å². The van der Waals surface area contributed by atoms with Crippen molar-refractivity contribution in [2.24, 2.45) is 0 Å². The average molecular weight is 599 g/mol. The Balaban J connectivity index is 1.20. The zero-order valence-corrected chi connectivity index (χ0v) is 26.0. The van der Waals surface area contributed by atoms with Crippen LogP contribution in [0.4, 0.5) is 0 Å². The van der Waals surface area contributed by atoms with Crippen LogP contribution in [0.25, 0.3) is 0 Å². The number of rotatable bonds is 9. The van der Waals surface area contributed by atoms with E-state index in [0.29, 0.717) is 26.4 Å². The number of hydrogen-bond acceptors (Lipinski definition) is 8. The van der Waals surface area contributed by atoms with Crippen molar-refractivity contribution in [1.29, 1.82) is 0 Å². The molecule has 0 N–H and O–H groups in total. The fraction of sp³-hybridized carbons (Fsp3) is 0.647. The van der Waals surface area contributed by atoms with Crippen molar-refractivity contribution in [3.05, 3.63) is 71.8 Å². The summed E-state index contributed by atoms with van der Waals surface area (Å²) in [5.74, 6) is 0.357. The topological polar surface area (TPSA) is 64.6 Å². The highest BCUT2D eigenvalue weighted by Crippen LogP contribution is 2.49. The molecule has 42 heavy (non-hydrogen) atoms. The second-order valence-electron chi connectivity index (χ2n) is 12.3. The van der Waals surface area contributed by atoms with Crippen LogP contribution < -0.4 is 0 Å². The summed E-state index contributed by atoms with van der Waals surface area (Å²) in [6.45, 7) is 8.22. The Hall–Kier alpha value is -1.49. The summed E-state index contributed by atoms with van der Waals surface area (Å²) in [7, 11) is 0. The van der Waals surface area contributed by atoms with Gasteiger partial charge in [0.15, 0.2) is 5.79 Å². The molecule has 6 rings (SSSR count). The van der Waals surface area contributed by atoms with Crippen molar-refractivity contribution >= 4 is 11.8 Å². The van der Waals surface area contributed by atoms with Crippen molar-refractivity contribution in [2.45, 2.75) is 120 Å². The molecule has 8 atom stereocenters. The highest BCUT2D eigenvalue weighted by molar-refractivity contribution is 8.00. The molecule has 0 amide bonds. The van der Waals surface area contributed by atoms with E-state index in [9.17, 15) is 0 Å². The number of fused-ring (bicyclic) bond motifs is 3. The summed E-state index contributed by atoms with van der Waals surface area (Å²) in [6, 6.07) is 20.6. The summed E-state index contributed by atoms with van der Waals surface area (Å²) in [6.07, 6.45) is 3.63. The summed E-state index contributed by atoms with van der Waals surface area (Å²) < 4.78 is 45.9. The fourth-order valence-corrected chi connectivity index (χ4v) is 8.04. The van der Waals surface area contributed by atoms with E-state index in [1.807, 2.05) is 49.9 Å². The quantitative estimate of drug-likeness (QED) is 0.335. The molecule has 2 aromatic rings. The van der Waals surface area contributed by atoms with Gasteiger partial charge in [0, 0.05) is 6.42 Å². The largest absolute Gasteiger partial charge is 0.374 e. The highest BCUT2D eigenvalue weighted by atomic mass is 32.2. The van der Waals surface area contributed by atoms with Crippen LogP contribution in [-0.2, 0) is 46.4 Å². The fourth-order valence-electron chi connectivity index (χ4n) is 6.76. The van der Waals surface area contributed by atoms with Gasteiger partial charge in [0.05, 0.1) is 56.9 Å². The molecule has 230 valence electrons. The third kappa shape index (κ3) is 7.24. The van der Waals surface area contributed by atoms with Gasteiger partial charge in [-0.25, -0.2) is 0 Å². The number of hydrogen-bond donors (Lipinski definition) is 0. The Bertz CT molecular complexity index is 1120. The SMILES string of the molecule is CCS[C@]12CC[C@@H](OCc3ccccc3)[C@H](COCc3ccccc3)O[C@@H]1C[C@@H]1O[C@@H]3COC(C)(C)O[C@H]3CC[C@H]1O2. The van der Waals surface area contributed by atoms with Gasteiger partial charge in [-0.2, -0.15) is 0 Å². The zero-order chi connectivity index (χ0) is 29.0. The summed E-state index contributed by atoms with van der Waals surface area (Å²) in [4.78, 5) is -0.450. The molecule has 2 aromatic carbocycles. The molecule has 0 aliphatic carbocycles. The molecule has 0 aromatic heterocycles. The van der Waals surface area contributed by atoms with Crippen LogP contribution in [0.5, 0.6) is 0 Å². The predicted octanol–water partition coefficient (Wildman–Crippen LogP) is 6.27. The lowest BCUT2D eigenvalue weighted by molar-refractivity contribution is -0.317. The van der Waals surface area contributed by atoms with Crippen LogP contribution in [0.15, 0.2) is 60.7 Å². The predicted molar refractivity (Wildman–Crippen MR) is 162 cm³/mol. The van der Waals surface area contributed by atoms with Gasteiger partial charge in [-0.05, 0) is 56.4 Å². The summed E-state index contributed by atoms with van der Waals surface area (Å²) in [5.41, 5.74) is 2.30. The lowest BCUT2D eigenvalue weighted by Gasteiger charge is -2.48. The van der Waals surface area contributed by atoms with Crippen molar-refractivity contribution in [2.75, 3.05) is 19.0 Å². The molecular weight excluding hydrogens is 552 g/mol. The monoisotopic (exact) mass is 598 g/mol. The number of benzene rings is 2. The van der Waals surface area contributed by atoms with E-state index in [1.165, 1.54) is 0 Å². The van der Waals surface area contributed by atoms with Crippen molar-refractivity contribution in [3.63, 3.8) is 0 Å². The third-order valence-electron chi connectivity index (χ3n) is 8.85. The van der Waals surface area contributed by atoms with Gasteiger partial charge in [-0.3, -0.25) is 0 Å². The van der Waals surface area contributed by atoms with Gasteiger partial charge in [0.2, 0.25) is 0 Å². The molecular formula is C34H46O7S. The van der Waals surface area contributed by atoms with Crippen LogP contribution >= 0.6 is 11.8 Å². The molecule has 4 fully saturated rings. The maximum Gasteiger partial charge on any atom is 0.163 e. The van der Waals surface area contributed by atoms with E-state index in [1.54, 1.807) is 0 Å². The molecule has 4 aliphatic rings. The van der Waals surface area contributed by atoms with E-state index < -0.39 is 10.7 Å². The first-order valence-corrected chi connectivity index (χ1v) is 16.6. The van der Waals surface area contributed by atoms with E-state index >= 15 is 0 Å². The van der Waals surface area contributed by atoms with Crippen molar-refractivity contribution in [1.82, 2.24) is 0 Å². The van der Waals surface area contributed by atoms with E-state index in [0.717, 1.165) is 49.0 Å². The highest BCUT2D eigenvalue weighted by Gasteiger charge is 2.55. The van der Waals surface area contributed by atoms with Crippen LogP contribution in [0.1, 0.15) is 64.0 Å². The molecule has 0 bridgehead atoms. The molecule has 8 heteroatoms. The van der Waals surface area contributed by atoms with Gasteiger partial charge in [-0.15, -0.1) is 11.8 Å². The van der Waals surface area contributed by atoms with Crippen LogP contribution in [0, 0.1) is 0 Å². The first kappa shape index (κ1) is 30.5. The molecule has 0 saturated carbocycles. The molecule has 0 unspecified atom stereocenters. The maximum atomic E-state index is 7.09. The average Bonchev–Trinajstić information content (AvgIpc) is 3.24. The Kier molecular flexibility index (Phi) is 9.93. The Morgan fingerprint density at radius 3 is 2.21 bits per heavy atom. The van der Waals surface area contributed by atoms with Crippen LogP contribution in [0.3, 0.4) is 0 Å². The Labute approximate surface area is 254 Å². The second kappa shape index (κ2) is 13.7. The van der Waals surface area contributed by atoms with E-state index in [-0.39, 0.29) is 42.7 Å². The van der Waals surface area contributed by atoms with Crippen LogP contribution in [0.2, 0.25) is 0 Å². The molecule has 7 nitrogen and oxygen atoms in total. The first-order valence-electron chi connectivity index (χ1n) is 15.6. The summed E-state index contributed by atoms with van der Waals surface area (Å²) >= 11 is 1.87. The Morgan fingerprint density at radius 1 is 0.810 bits per heavy atom. The lowest BCUT2D eigenvalue weighted by Crippen LogP contribution is -2.57. The van der Waals surface area contributed by atoms with Gasteiger partial charge >= 0.3 is 0 Å². The van der Waals surface area contributed by atoms with Gasteiger partial charge in [-0.1, -0.05) is 67.6 Å². The number of thioether (sulfide) groups is 1. The van der Waals surface area contributed by atoms with Crippen molar-refractivity contribution < 1.29 is 33.2 Å². The maximum absolute atomic E-state index is 7.09. The lowest BCUT2D eigenvalue weighted by atomic mass is 9.92. The second-order valence-corrected chi connectivity index (χ2v) is 13.9. The van der Waals surface area contributed by atoms with Crippen LogP contribution in [-0.4, -0.2) is 72.4 Å². The van der Waals surface area contributed by atoms with Gasteiger partial charge in [0.1, 0.15) is 17.1 Å². The minimum atomic E-state index is -0.586. The minimum Gasteiger partial charge on any atom is -0.374 e. The normalized spacial score (nSPS) is 36.1. The zero-order valence-electron chi connectivity index (χ0n) is 25.2. The Morgan fingerprint density at radius 2 is 1.50 bits per heavy atom. The molecule has 4 saturated heterocycles. The molecule has 0 radical (unpaired) electrons. The summed E-state index contributed by atoms with van der Waals surface area (Å²) in [5, 5.41) is 0. The molecule has 0 spiro atoms. The standard InChI is InChI=1S/C34H46O7S/c1-4-42-34-18-17-26(36-21-25-13-9-6-10-14-25)30(22-35-20-24-11-7-5-8-12-24)39-32(34)19-29-27(41-34)15-16-28-31(38-29)23-37-33(2,3)40-28/h5-14,26-32H,4,15-23H2,1-3H3/t26-,27-,28+,29+,30+,31-,32-,34-/m1/s1. The number of ether oxygens (including phenoxy) is 7. The molecule has 4 heterocycles. The smallest absolute Gasteiger partial charge is 0.163 e. The third-order valence-corrected chi connectivity index (χ3v) is 10.2. The first-order chi connectivity index (χ1) is 20.4. The molecule has 4 aliphatic heterocycles. The van der Waals surface area contributed by atoms with Crippen molar-refractivity contribution in [3.8, 4) is 0 Å². The minimum absolute atomic E-state index is 0.00391. The van der Waals surface area contributed by atoms with E-state index in [4.69, 9.17) is 33.2 Å². The van der Waals surface area contributed by atoms with E-state index in [2.05, 4.69) is 43.3 Å². The van der Waals surface area contributed by atoms with Gasteiger partial charge in [0.25, 0.3) is 0 Å².